The molecule has 4 nitrogen and oxygen atoms in total. The average molecular weight is 281 g/mol. The van der Waals surface area contributed by atoms with Crippen LogP contribution in [0.2, 0.25) is 0 Å². The Kier molecular flexibility index (Phi) is 5.00. The number of thioether (sulfide) groups is 1. The summed E-state index contributed by atoms with van der Waals surface area (Å²) in [7, 11) is 0. The van der Waals surface area contributed by atoms with Crippen molar-refractivity contribution in [2.24, 2.45) is 0 Å². The third kappa shape index (κ3) is 4.59. The van der Waals surface area contributed by atoms with E-state index in [1.165, 1.54) is 31.2 Å². The summed E-state index contributed by atoms with van der Waals surface area (Å²) in [6.07, 6.45) is 0. The van der Waals surface area contributed by atoms with Crippen molar-refractivity contribution < 1.29 is 14.7 Å². The second-order valence-electron chi connectivity index (χ2n) is 5.04. The highest BCUT2D eigenvalue weighted by atomic mass is 32.2. The number of aryl methyl sites for hydroxylation is 2. The summed E-state index contributed by atoms with van der Waals surface area (Å²) in [5.41, 5.74) is 1.06. The Balaban J connectivity index is 2.57. The number of amides is 1. The quantitative estimate of drug-likeness (QED) is 0.813. The zero-order chi connectivity index (χ0) is 14.6. The van der Waals surface area contributed by atoms with Gasteiger partial charge in [0, 0.05) is 4.90 Å². The van der Waals surface area contributed by atoms with Gasteiger partial charge in [0.1, 0.15) is 5.54 Å². The molecule has 19 heavy (non-hydrogen) atoms. The highest BCUT2D eigenvalue weighted by molar-refractivity contribution is 8.00. The van der Waals surface area contributed by atoms with Gasteiger partial charge in [-0.25, -0.2) is 4.79 Å². The van der Waals surface area contributed by atoms with E-state index in [1.807, 2.05) is 26.0 Å². The number of aliphatic carboxylic acids is 1. The van der Waals surface area contributed by atoms with Crippen molar-refractivity contribution >= 4 is 23.6 Å². The number of carboxylic acids is 1. The van der Waals surface area contributed by atoms with E-state index in [0.29, 0.717) is 0 Å². The number of carboxylic acid groups (broad SMARTS) is 1. The molecule has 0 aromatic heterocycles. The van der Waals surface area contributed by atoms with Gasteiger partial charge in [-0.1, -0.05) is 17.7 Å². The summed E-state index contributed by atoms with van der Waals surface area (Å²) >= 11 is 1.41. The van der Waals surface area contributed by atoms with Gasteiger partial charge < -0.3 is 10.4 Å². The van der Waals surface area contributed by atoms with Crippen LogP contribution in [0.5, 0.6) is 0 Å². The van der Waals surface area contributed by atoms with Crippen LogP contribution >= 0.6 is 11.8 Å². The number of hydrogen-bond donors (Lipinski definition) is 2. The topological polar surface area (TPSA) is 66.4 Å². The summed E-state index contributed by atoms with van der Waals surface area (Å²) in [6.45, 7) is 6.95. The van der Waals surface area contributed by atoms with Crippen molar-refractivity contribution in [3.63, 3.8) is 0 Å². The normalized spacial score (nSPS) is 11.2. The highest BCUT2D eigenvalue weighted by Crippen LogP contribution is 2.23. The van der Waals surface area contributed by atoms with Crippen LogP contribution < -0.4 is 5.32 Å². The third-order valence-corrected chi connectivity index (χ3v) is 3.85. The van der Waals surface area contributed by atoms with Crippen LogP contribution in [0.3, 0.4) is 0 Å². The largest absolute Gasteiger partial charge is 0.480 e. The Morgan fingerprint density at radius 1 is 1.32 bits per heavy atom. The van der Waals surface area contributed by atoms with Crippen molar-refractivity contribution in [2.75, 3.05) is 5.75 Å². The van der Waals surface area contributed by atoms with E-state index < -0.39 is 11.5 Å². The molecule has 2 N–H and O–H groups in total. The summed E-state index contributed by atoms with van der Waals surface area (Å²) in [5, 5.41) is 11.4. The van der Waals surface area contributed by atoms with Gasteiger partial charge in [0.15, 0.2) is 0 Å². The van der Waals surface area contributed by atoms with Crippen LogP contribution in [0.15, 0.2) is 23.1 Å². The molecule has 1 amide bonds. The molecular formula is C14H19NO3S. The third-order valence-electron chi connectivity index (χ3n) is 2.68. The van der Waals surface area contributed by atoms with Crippen LogP contribution in [-0.4, -0.2) is 28.3 Å². The zero-order valence-corrected chi connectivity index (χ0v) is 12.4. The Morgan fingerprint density at radius 3 is 2.47 bits per heavy atom. The number of benzene rings is 1. The predicted octanol–water partition coefficient (Wildman–Crippen LogP) is 2.37. The molecule has 5 heteroatoms. The first-order chi connectivity index (χ1) is 8.72. The second-order valence-corrected chi connectivity index (χ2v) is 6.05. The number of nitrogens with one attached hydrogen (secondary N) is 1. The lowest BCUT2D eigenvalue weighted by molar-refractivity contribution is -0.145. The molecule has 1 aromatic rings. The van der Waals surface area contributed by atoms with E-state index in [2.05, 4.69) is 11.4 Å². The van der Waals surface area contributed by atoms with Crippen molar-refractivity contribution in [1.29, 1.82) is 0 Å². The molecule has 0 aliphatic heterocycles. The van der Waals surface area contributed by atoms with Crippen molar-refractivity contribution in [3.8, 4) is 0 Å². The van der Waals surface area contributed by atoms with Crippen molar-refractivity contribution in [2.45, 2.75) is 38.1 Å². The minimum absolute atomic E-state index is 0.209. The van der Waals surface area contributed by atoms with Crippen LogP contribution in [0.1, 0.15) is 25.0 Å². The monoisotopic (exact) mass is 281 g/mol. The highest BCUT2D eigenvalue weighted by Gasteiger charge is 2.28. The van der Waals surface area contributed by atoms with Crippen LogP contribution in [0.25, 0.3) is 0 Å². The lowest BCUT2D eigenvalue weighted by Gasteiger charge is -2.20. The molecule has 0 saturated carbocycles. The zero-order valence-electron chi connectivity index (χ0n) is 11.6. The van der Waals surface area contributed by atoms with Crippen LogP contribution in [-0.2, 0) is 9.59 Å². The molecule has 0 radical (unpaired) electrons. The van der Waals surface area contributed by atoms with Gasteiger partial charge >= 0.3 is 5.97 Å². The number of hydrogen-bond acceptors (Lipinski definition) is 3. The Hall–Kier alpha value is -1.49. The fraction of sp³-hybridized carbons (Fsp3) is 0.429. The van der Waals surface area contributed by atoms with E-state index in [1.54, 1.807) is 0 Å². The minimum atomic E-state index is -1.24. The first kappa shape index (κ1) is 15.6. The molecule has 1 rings (SSSR count). The molecule has 0 aliphatic carbocycles. The van der Waals surface area contributed by atoms with Gasteiger partial charge in [-0.15, -0.1) is 11.8 Å². The first-order valence-electron chi connectivity index (χ1n) is 5.97. The van der Waals surface area contributed by atoms with Crippen molar-refractivity contribution in [1.82, 2.24) is 5.32 Å². The van der Waals surface area contributed by atoms with Crippen LogP contribution in [0, 0.1) is 13.8 Å². The molecule has 0 saturated heterocycles. The molecule has 0 spiro atoms. The SMILES string of the molecule is Cc1ccc(SCC(=O)NC(C)(C)C(=O)O)c(C)c1. The Morgan fingerprint density at radius 2 is 1.95 bits per heavy atom. The Labute approximate surface area is 117 Å². The molecule has 0 unspecified atom stereocenters. The Bertz CT molecular complexity index is 497. The number of carbonyl (C=O) groups excluding carboxylic acids is 1. The summed E-state index contributed by atoms with van der Waals surface area (Å²) in [4.78, 5) is 23.7. The molecule has 0 heterocycles. The van der Waals surface area contributed by atoms with Crippen molar-refractivity contribution in [3.05, 3.63) is 29.3 Å². The minimum Gasteiger partial charge on any atom is -0.480 e. The summed E-state index contributed by atoms with van der Waals surface area (Å²) in [6, 6.07) is 6.03. The first-order valence-corrected chi connectivity index (χ1v) is 6.95. The lowest BCUT2D eigenvalue weighted by atomic mass is 10.1. The standard InChI is InChI=1S/C14H19NO3S/c1-9-5-6-11(10(2)7-9)19-8-12(16)15-14(3,4)13(17)18/h5-7H,8H2,1-4H3,(H,15,16)(H,17,18). The van der Waals surface area contributed by atoms with Crippen LogP contribution in [0.4, 0.5) is 0 Å². The molecule has 0 atom stereocenters. The van der Waals surface area contributed by atoms with Gasteiger partial charge in [0.05, 0.1) is 5.75 Å². The van der Waals surface area contributed by atoms with E-state index in [-0.39, 0.29) is 11.7 Å². The molecule has 1 aromatic carbocycles. The summed E-state index contributed by atoms with van der Waals surface area (Å²) < 4.78 is 0. The molecule has 104 valence electrons. The lowest BCUT2D eigenvalue weighted by Crippen LogP contribution is -2.50. The second kappa shape index (κ2) is 6.10. The van der Waals surface area contributed by atoms with Gasteiger partial charge in [-0.2, -0.15) is 0 Å². The smallest absolute Gasteiger partial charge is 0.328 e. The number of rotatable bonds is 5. The molecule has 0 aliphatic rings. The number of carbonyl (C=O) groups is 2. The fourth-order valence-corrected chi connectivity index (χ4v) is 2.35. The van der Waals surface area contributed by atoms with Gasteiger partial charge in [0.2, 0.25) is 5.91 Å². The predicted molar refractivity (Wildman–Crippen MR) is 76.5 cm³/mol. The van der Waals surface area contributed by atoms with Gasteiger partial charge in [-0.05, 0) is 39.3 Å². The van der Waals surface area contributed by atoms with E-state index in [4.69, 9.17) is 5.11 Å². The average Bonchev–Trinajstić information content (AvgIpc) is 2.27. The molecule has 0 fully saturated rings. The molecular weight excluding hydrogens is 262 g/mol. The maximum atomic E-state index is 11.7. The summed E-state index contributed by atoms with van der Waals surface area (Å²) in [5.74, 6) is -1.12. The fourth-order valence-electron chi connectivity index (χ4n) is 1.54. The van der Waals surface area contributed by atoms with E-state index in [9.17, 15) is 9.59 Å². The van der Waals surface area contributed by atoms with E-state index in [0.717, 1.165) is 10.5 Å². The maximum Gasteiger partial charge on any atom is 0.328 e. The van der Waals surface area contributed by atoms with E-state index >= 15 is 0 Å². The van der Waals surface area contributed by atoms with Gasteiger partial charge in [0.25, 0.3) is 0 Å². The van der Waals surface area contributed by atoms with Gasteiger partial charge in [-0.3, -0.25) is 4.79 Å². The maximum absolute atomic E-state index is 11.7. The molecule has 0 bridgehead atoms.